The van der Waals surface area contributed by atoms with E-state index in [4.69, 9.17) is 9.47 Å². The largest absolute Gasteiger partial charge is 0.451 e. The highest BCUT2D eigenvalue weighted by Crippen LogP contribution is 2.34. The van der Waals surface area contributed by atoms with Gasteiger partial charge in [-0.1, -0.05) is 13.0 Å². The standard InChI is InChI=1S/C17H20FNO4S/c1-4-10(2)19-14(20)9-23-17(21)16-11(8-22-3)15-12(18)6-5-7-13(15)24-16/h5-7,10H,4,8-9H2,1-3H3,(H,19,20). The Labute approximate surface area is 143 Å². The van der Waals surface area contributed by atoms with Crippen molar-refractivity contribution in [1.82, 2.24) is 5.32 Å². The molecule has 1 heterocycles. The van der Waals surface area contributed by atoms with Crippen LogP contribution in [0, 0.1) is 5.82 Å². The maximum Gasteiger partial charge on any atom is 0.349 e. The molecule has 0 saturated heterocycles. The van der Waals surface area contributed by atoms with Crippen LogP contribution in [0.4, 0.5) is 4.39 Å². The molecule has 5 nitrogen and oxygen atoms in total. The SMILES string of the molecule is CCC(C)NC(=O)COC(=O)c1sc2cccc(F)c2c1COC. The molecule has 0 fully saturated rings. The van der Waals surface area contributed by atoms with Gasteiger partial charge in [0, 0.05) is 28.8 Å². The highest BCUT2D eigenvalue weighted by Gasteiger charge is 2.22. The van der Waals surface area contributed by atoms with Crippen LogP contribution < -0.4 is 5.32 Å². The number of halogens is 1. The Morgan fingerprint density at radius 3 is 2.79 bits per heavy atom. The van der Waals surface area contributed by atoms with Crippen molar-refractivity contribution in [2.75, 3.05) is 13.7 Å². The molecule has 7 heteroatoms. The molecule has 0 aliphatic rings. The highest BCUT2D eigenvalue weighted by molar-refractivity contribution is 7.21. The van der Waals surface area contributed by atoms with Gasteiger partial charge in [0.1, 0.15) is 10.7 Å². The summed E-state index contributed by atoms with van der Waals surface area (Å²) in [5, 5.41) is 3.08. The molecule has 1 atom stereocenters. The van der Waals surface area contributed by atoms with Crippen LogP contribution in [0.25, 0.3) is 10.1 Å². The molecular weight excluding hydrogens is 333 g/mol. The molecule has 0 saturated carbocycles. The topological polar surface area (TPSA) is 64.6 Å². The maximum absolute atomic E-state index is 14.1. The summed E-state index contributed by atoms with van der Waals surface area (Å²) in [6.45, 7) is 3.53. The van der Waals surface area contributed by atoms with Crippen LogP contribution in [-0.4, -0.2) is 31.6 Å². The average Bonchev–Trinajstić information content (AvgIpc) is 2.93. The summed E-state index contributed by atoms with van der Waals surface area (Å²) in [5.74, 6) is -1.43. The molecule has 2 rings (SSSR count). The van der Waals surface area contributed by atoms with Gasteiger partial charge < -0.3 is 14.8 Å². The fraction of sp³-hybridized carbons (Fsp3) is 0.412. The molecule has 1 aromatic carbocycles. The van der Waals surface area contributed by atoms with Crippen LogP contribution >= 0.6 is 11.3 Å². The van der Waals surface area contributed by atoms with E-state index >= 15 is 0 Å². The smallest absolute Gasteiger partial charge is 0.349 e. The molecule has 0 radical (unpaired) electrons. The van der Waals surface area contributed by atoms with Crippen molar-refractivity contribution in [3.63, 3.8) is 0 Å². The Morgan fingerprint density at radius 1 is 1.38 bits per heavy atom. The first-order valence-electron chi connectivity index (χ1n) is 7.63. The number of rotatable bonds is 7. The Kier molecular flexibility index (Phi) is 6.28. The second kappa shape index (κ2) is 8.21. The van der Waals surface area contributed by atoms with Gasteiger partial charge in [0.2, 0.25) is 0 Å². The highest BCUT2D eigenvalue weighted by atomic mass is 32.1. The minimum atomic E-state index is -0.651. The molecule has 0 aliphatic carbocycles. The van der Waals surface area contributed by atoms with Crippen molar-refractivity contribution in [3.05, 3.63) is 34.5 Å². The van der Waals surface area contributed by atoms with E-state index in [1.807, 2.05) is 13.8 Å². The Hall–Kier alpha value is -1.99. The molecule has 2 aromatic rings. The van der Waals surface area contributed by atoms with Crippen LogP contribution in [0.5, 0.6) is 0 Å². The summed E-state index contributed by atoms with van der Waals surface area (Å²) < 4.78 is 24.9. The Morgan fingerprint density at radius 2 is 2.12 bits per heavy atom. The van der Waals surface area contributed by atoms with E-state index in [2.05, 4.69) is 5.32 Å². The first kappa shape index (κ1) is 18.4. The van der Waals surface area contributed by atoms with Gasteiger partial charge in [0.15, 0.2) is 6.61 Å². The first-order valence-corrected chi connectivity index (χ1v) is 8.44. The molecule has 0 aliphatic heterocycles. The number of carbonyl (C=O) groups is 2. The third-order valence-electron chi connectivity index (χ3n) is 3.59. The first-order chi connectivity index (χ1) is 11.5. The lowest BCUT2D eigenvalue weighted by molar-refractivity contribution is -0.124. The fourth-order valence-corrected chi connectivity index (χ4v) is 3.35. The Bertz CT molecular complexity index is 744. The van der Waals surface area contributed by atoms with Gasteiger partial charge in [-0.15, -0.1) is 11.3 Å². The molecule has 1 amide bonds. The lowest BCUT2D eigenvalue weighted by Gasteiger charge is -2.11. The number of methoxy groups -OCH3 is 1. The summed E-state index contributed by atoms with van der Waals surface area (Å²) >= 11 is 1.13. The quantitative estimate of drug-likeness (QED) is 0.776. The monoisotopic (exact) mass is 353 g/mol. The number of ether oxygens (including phenoxy) is 2. The summed E-state index contributed by atoms with van der Waals surface area (Å²) in [6.07, 6.45) is 0.785. The van der Waals surface area contributed by atoms with Crippen LogP contribution in [0.3, 0.4) is 0 Å². The maximum atomic E-state index is 14.1. The number of amides is 1. The second-order valence-corrected chi connectivity index (χ2v) is 6.46. The minimum absolute atomic E-state index is 0.0127. The molecular formula is C17H20FNO4S. The van der Waals surface area contributed by atoms with Crippen molar-refractivity contribution in [3.8, 4) is 0 Å². The predicted molar refractivity (Wildman–Crippen MR) is 90.7 cm³/mol. The van der Waals surface area contributed by atoms with Gasteiger partial charge >= 0.3 is 5.97 Å². The lowest BCUT2D eigenvalue weighted by atomic mass is 10.1. The molecule has 0 bridgehead atoms. The van der Waals surface area contributed by atoms with Crippen molar-refractivity contribution in [2.45, 2.75) is 32.9 Å². The van der Waals surface area contributed by atoms with Crippen LogP contribution in [-0.2, 0) is 20.9 Å². The van der Waals surface area contributed by atoms with E-state index < -0.39 is 11.8 Å². The van der Waals surface area contributed by atoms with Crippen molar-refractivity contribution in [1.29, 1.82) is 0 Å². The number of benzene rings is 1. The average molecular weight is 353 g/mol. The van der Waals surface area contributed by atoms with E-state index in [9.17, 15) is 14.0 Å². The van der Waals surface area contributed by atoms with E-state index in [0.29, 0.717) is 15.6 Å². The van der Waals surface area contributed by atoms with E-state index in [-0.39, 0.29) is 30.0 Å². The Balaban J connectivity index is 2.18. The predicted octanol–water partition coefficient (Wildman–Crippen LogP) is 3.26. The number of carbonyl (C=O) groups excluding carboxylic acids is 2. The number of hydrogen-bond donors (Lipinski definition) is 1. The van der Waals surface area contributed by atoms with Gasteiger partial charge in [-0.25, -0.2) is 9.18 Å². The summed E-state index contributed by atoms with van der Waals surface area (Å²) in [7, 11) is 1.47. The lowest BCUT2D eigenvalue weighted by Crippen LogP contribution is -2.35. The number of thiophene rings is 1. The number of fused-ring (bicyclic) bond motifs is 1. The van der Waals surface area contributed by atoms with Gasteiger partial charge in [-0.05, 0) is 25.5 Å². The zero-order chi connectivity index (χ0) is 17.7. The van der Waals surface area contributed by atoms with Crippen molar-refractivity contribution in [2.24, 2.45) is 0 Å². The number of esters is 1. The second-order valence-electron chi connectivity index (χ2n) is 5.41. The minimum Gasteiger partial charge on any atom is -0.451 e. The fourth-order valence-electron chi connectivity index (χ4n) is 2.23. The van der Waals surface area contributed by atoms with Gasteiger partial charge in [0.25, 0.3) is 5.91 Å². The molecule has 1 N–H and O–H groups in total. The van der Waals surface area contributed by atoms with E-state index in [0.717, 1.165) is 17.8 Å². The van der Waals surface area contributed by atoms with Gasteiger partial charge in [-0.2, -0.15) is 0 Å². The van der Waals surface area contributed by atoms with Crippen LogP contribution in [0.2, 0.25) is 0 Å². The van der Waals surface area contributed by atoms with Crippen LogP contribution in [0.1, 0.15) is 35.5 Å². The van der Waals surface area contributed by atoms with E-state index in [1.54, 1.807) is 12.1 Å². The van der Waals surface area contributed by atoms with Crippen LogP contribution in [0.15, 0.2) is 18.2 Å². The molecule has 1 aromatic heterocycles. The van der Waals surface area contributed by atoms with E-state index in [1.165, 1.54) is 13.2 Å². The zero-order valence-electron chi connectivity index (χ0n) is 13.8. The molecule has 24 heavy (non-hydrogen) atoms. The molecule has 130 valence electrons. The van der Waals surface area contributed by atoms with Gasteiger partial charge in [0.05, 0.1) is 6.61 Å². The summed E-state index contributed by atoms with van der Waals surface area (Å²) in [4.78, 5) is 24.3. The molecule has 0 spiro atoms. The van der Waals surface area contributed by atoms with Crippen molar-refractivity contribution >= 4 is 33.3 Å². The third-order valence-corrected chi connectivity index (χ3v) is 4.77. The third kappa shape index (κ3) is 4.10. The zero-order valence-corrected chi connectivity index (χ0v) is 14.7. The normalized spacial score (nSPS) is 12.2. The molecule has 1 unspecified atom stereocenters. The van der Waals surface area contributed by atoms with Gasteiger partial charge in [-0.3, -0.25) is 4.79 Å². The summed E-state index contributed by atoms with van der Waals surface area (Å²) in [6, 6.07) is 4.66. The number of nitrogens with one attached hydrogen (secondary N) is 1. The van der Waals surface area contributed by atoms with Crippen molar-refractivity contribution < 1.29 is 23.5 Å². The number of hydrogen-bond acceptors (Lipinski definition) is 5. The summed E-state index contributed by atoms with van der Waals surface area (Å²) in [5.41, 5.74) is 0.447.